The summed E-state index contributed by atoms with van der Waals surface area (Å²) in [6.45, 7) is 2.01. The molecule has 1 saturated carbocycles. The third kappa shape index (κ3) is 2.84. The average molecular weight is 299 g/mol. The first-order valence-electron chi connectivity index (χ1n) is 7.56. The zero-order chi connectivity index (χ0) is 15.7. The molecule has 1 fully saturated rings. The van der Waals surface area contributed by atoms with Crippen LogP contribution in [0.1, 0.15) is 53.5 Å². The van der Waals surface area contributed by atoms with Gasteiger partial charge in [0.25, 0.3) is 5.91 Å². The van der Waals surface area contributed by atoms with E-state index in [1.165, 1.54) is 12.8 Å². The van der Waals surface area contributed by atoms with Crippen molar-refractivity contribution in [3.8, 4) is 5.75 Å². The molecule has 1 heterocycles. The van der Waals surface area contributed by atoms with E-state index in [0.717, 1.165) is 17.0 Å². The first-order valence-corrected chi connectivity index (χ1v) is 7.56. The lowest BCUT2D eigenvalue weighted by molar-refractivity contribution is 0.0736. The highest BCUT2D eigenvalue weighted by molar-refractivity contribution is 5.92. The maximum Gasteiger partial charge on any atom is 0.274 e. The Morgan fingerprint density at radius 2 is 2.05 bits per heavy atom. The maximum absolute atomic E-state index is 12.6. The summed E-state index contributed by atoms with van der Waals surface area (Å²) in [5.41, 5.74) is 2.63. The number of nitrogens with zero attached hydrogens (tertiary/aromatic N) is 2. The normalized spacial score (nSPS) is 15.4. The third-order valence-electron chi connectivity index (χ3n) is 4.33. The van der Waals surface area contributed by atoms with E-state index in [2.05, 4.69) is 10.2 Å². The highest BCUT2D eigenvalue weighted by Gasteiger charge is 2.28. The molecule has 116 valence electrons. The van der Waals surface area contributed by atoms with Gasteiger partial charge in [0.1, 0.15) is 11.4 Å². The van der Waals surface area contributed by atoms with Crippen LogP contribution < -0.4 is 4.74 Å². The molecule has 0 saturated heterocycles. The standard InChI is InChI=1S/C17H21N3O2/c1-11(12-6-8-14(22-3)9-7-12)20(2)17(21)16-10-15(18-19-16)13-4-5-13/h6-11,13H,4-5H2,1-3H3,(H,18,19). The molecule has 1 N–H and O–H groups in total. The monoisotopic (exact) mass is 299 g/mol. The van der Waals surface area contributed by atoms with E-state index in [4.69, 9.17) is 4.74 Å². The van der Waals surface area contributed by atoms with Gasteiger partial charge >= 0.3 is 0 Å². The zero-order valence-corrected chi connectivity index (χ0v) is 13.2. The average Bonchev–Trinajstić information content (AvgIpc) is 3.30. The molecule has 1 aromatic carbocycles. The number of aromatic amines is 1. The Bertz CT molecular complexity index is 659. The molecule has 0 radical (unpaired) electrons. The van der Waals surface area contributed by atoms with Gasteiger partial charge in [-0.1, -0.05) is 12.1 Å². The summed E-state index contributed by atoms with van der Waals surface area (Å²) >= 11 is 0. The first-order chi connectivity index (χ1) is 10.6. The molecule has 0 aliphatic heterocycles. The van der Waals surface area contributed by atoms with Crippen LogP contribution in [0.2, 0.25) is 0 Å². The van der Waals surface area contributed by atoms with Crippen molar-refractivity contribution in [1.29, 1.82) is 0 Å². The Hall–Kier alpha value is -2.30. The van der Waals surface area contributed by atoms with E-state index in [1.54, 1.807) is 12.0 Å². The van der Waals surface area contributed by atoms with Crippen LogP contribution in [-0.2, 0) is 0 Å². The molecule has 1 aliphatic rings. The number of amides is 1. The lowest BCUT2D eigenvalue weighted by atomic mass is 10.1. The molecule has 0 bridgehead atoms. The highest BCUT2D eigenvalue weighted by atomic mass is 16.5. The van der Waals surface area contributed by atoms with Gasteiger partial charge in [0.2, 0.25) is 0 Å². The predicted octanol–water partition coefficient (Wildman–Crippen LogP) is 3.13. The molecule has 1 atom stereocenters. The molecule has 1 amide bonds. The molecule has 1 aromatic heterocycles. The van der Waals surface area contributed by atoms with Crippen molar-refractivity contribution in [2.24, 2.45) is 0 Å². The highest BCUT2D eigenvalue weighted by Crippen LogP contribution is 2.39. The predicted molar refractivity (Wildman–Crippen MR) is 84.1 cm³/mol. The number of ether oxygens (including phenoxy) is 1. The van der Waals surface area contributed by atoms with E-state index in [1.807, 2.05) is 44.3 Å². The smallest absolute Gasteiger partial charge is 0.274 e. The van der Waals surface area contributed by atoms with E-state index < -0.39 is 0 Å². The summed E-state index contributed by atoms with van der Waals surface area (Å²) in [4.78, 5) is 14.3. The van der Waals surface area contributed by atoms with E-state index in [9.17, 15) is 4.79 Å². The van der Waals surface area contributed by atoms with E-state index in [0.29, 0.717) is 11.6 Å². The summed E-state index contributed by atoms with van der Waals surface area (Å²) < 4.78 is 5.16. The summed E-state index contributed by atoms with van der Waals surface area (Å²) in [7, 11) is 3.45. The first kappa shape index (κ1) is 14.6. The minimum atomic E-state index is -0.0635. The van der Waals surface area contributed by atoms with Gasteiger partial charge in [0.15, 0.2) is 0 Å². The number of nitrogens with one attached hydrogen (secondary N) is 1. The lowest BCUT2D eigenvalue weighted by Gasteiger charge is -2.24. The number of hydrogen-bond donors (Lipinski definition) is 1. The van der Waals surface area contributed by atoms with Gasteiger partial charge in [-0.2, -0.15) is 5.10 Å². The molecule has 5 nitrogen and oxygen atoms in total. The maximum atomic E-state index is 12.6. The lowest BCUT2D eigenvalue weighted by Crippen LogP contribution is -2.29. The summed E-state index contributed by atoms with van der Waals surface area (Å²) in [6.07, 6.45) is 2.38. The number of carbonyl (C=O) groups excluding carboxylic acids is 1. The Morgan fingerprint density at radius 1 is 1.36 bits per heavy atom. The van der Waals surface area contributed by atoms with Crippen LogP contribution in [-0.4, -0.2) is 35.2 Å². The number of methoxy groups -OCH3 is 1. The minimum Gasteiger partial charge on any atom is -0.497 e. The number of hydrogen-bond acceptors (Lipinski definition) is 3. The quantitative estimate of drug-likeness (QED) is 0.922. The van der Waals surface area contributed by atoms with Crippen LogP contribution >= 0.6 is 0 Å². The molecule has 2 aromatic rings. The number of rotatable bonds is 5. The topological polar surface area (TPSA) is 58.2 Å². The van der Waals surface area contributed by atoms with Crippen LogP contribution in [0.15, 0.2) is 30.3 Å². The van der Waals surface area contributed by atoms with Gasteiger partial charge in [0.05, 0.1) is 13.2 Å². The Labute approximate surface area is 130 Å². The molecule has 5 heteroatoms. The van der Waals surface area contributed by atoms with Crippen molar-refractivity contribution in [3.05, 3.63) is 47.3 Å². The molecule has 0 spiro atoms. The molecule has 3 rings (SSSR count). The number of carbonyl (C=O) groups is 1. The fourth-order valence-corrected chi connectivity index (χ4v) is 2.51. The zero-order valence-electron chi connectivity index (χ0n) is 13.2. The second kappa shape index (κ2) is 5.83. The molecule has 22 heavy (non-hydrogen) atoms. The third-order valence-corrected chi connectivity index (χ3v) is 4.33. The van der Waals surface area contributed by atoms with Crippen LogP contribution in [0.3, 0.4) is 0 Å². The van der Waals surface area contributed by atoms with Gasteiger partial charge in [-0.25, -0.2) is 0 Å². The Kier molecular flexibility index (Phi) is 3.88. The molecule has 1 aliphatic carbocycles. The molecular weight excluding hydrogens is 278 g/mol. The fraction of sp³-hybridized carbons (Fsp3) is 0.412. The van der Waals surface area contributed by atoms with Crippen molar-refractivity contribution < 1.29 is 9.53 Å². The largest absolute Gasteiger partial charge is 0.497 e. The summed E-state index contributed by atoms with van der Waals surface area (Å²) in [6, 6.07) is 9.63. The number of benzene rings is 1. The van der Waals surface area contributed by atoms with Crippen LogP contribution in [0.25, 0.3) is 0 Å². The van der Waals surface area contributed by atoms with Crippen molar-refractivity contribution in [1.82, 2.24) is 15.1 Å². The molecular formula is C17H21N3O2. The van der Waals surface area contributed by atoms with Crippen molar-refractivity contribution >= 4 is 5.91 Å². The van der Waals surface area contributed by atoms with Gasteiger partial charge in [-0.3, -0.25) is 9.89 Å². The molecule has 1 unspecified atom stereocenters. The van der Waals surface area contributed by atoms with Crippen LogP contribution in [0.5, 0.6) is 5.75 Å². The van der Waals surface area contributed by atoms with Gasteiger partial charge < -0.3 is 9.64 Å². The van der Waals surface area contributed by atoms with Crippen molar-refractivity contribution in [2.45, 2.75) is 31.7 Å². The van der Waals surface area contributed by atoms with Gasteiger partial charge in [0, 0.05) is 18.7 Å². The fourth-order valence-electron chi connectivity index (χ4n) is 2.51. The summed E-state index contributed by atoms with van der Waals surface area (Å²) in [5, 5.41) is 7.15. The second-order valence-electron chi connectivity index (χ2n) is 5.85. The SMILES string of the molecule is COc1ccc(C(C)N(C)C(=O)c2cc(C3CC3)[nH]n2)cc1. The van der Waals surface area contributed by atoms with E-state index >= 15 is 0 Å². The number of H-pyrrole nitrogens is 1. The van der Waals surface area contributed by atoms with Crippen LogP contribution in [0.4, 0.5) is 0 Å². The Morgan fingerprint density at radius 3 is 2.64 bits per heavy atom. The van der Waals surface area contributed by atoms with Crippen LogP contribution in [0, 0.1) is 0 Å². The van der Waals surface area contributed by atoms with Gasteiger partial charge in [-0.15, -0.1) is 0 Å². The van der Waals surface area contributed by atoms with Crippen molar-refractivity contribution in [3.63, 3.8) is 0 Å². The number of aromatic nitrogens is 2. The van der Waals surface area contributed by atoms with E-state index in [-0.39, 0.29) is 11.9 Å². The Balaban J connectivity index is 1.72. The van der Waals surface area contributed by atoms with Crippen molar-refractivity contribution in [2.75, 3.05) is 14.2 Å². The minimum absolute atomic E-state index is 0.0283. The van der Waals surface area contributed by atoms with Gasteiger partial charge in [-0.05, 0) is 43.5 Å². The summed E-state index contributed by atoms with van der Waals surface area (Å²) in [5.74, 6) is 1.32. The second-order valence-corrected chi connectivity index (χ2v) is 5.85.